The molecule has 1 aliphatic heterocycles. The predicted molar refractivity (Wildman–Crippen MR) is 134 cm³/mol. The molecule has 186 valence electrons. The minimum atomic E-state index is -0.803. The highest BCUT2D eigenvalue weighted by Crippen LogP contribution is 2.49. The Morgan fingerprint density at radius 2 is 1.92 bits per heavy atom. The monoisotopic (exact) mass is 508 g/mol. The molecule has 0 saturated heterocycles. The number of benzene rings is 3. The van der Waals surface area contributed by atoms with Crippen LogP contribution in [0.1, 0.15) is 22.6 Å². The second-order valence-electron chi connectivity index (χ2n) is 8.77. The Morgan fingerprint density at radius 3 is 2.74 bits per heavy atom. The summed E-state index contributed by atoms with van der Waals surface area (Å²) in [6.07, 6.45) is 1.45. The lowest BCUT2D eigenvalue weighted by Crippen LogP contribution is -2.22. The lowest BCUT2D eigenvalue weighted by atomic mass is 9.84. The van der Waals surface area contributed by atoms with E-state index in [4.69, 9.17) is 18.9 Å². The number of methoxy groups -OCH3 is 1. The minimum absolute atomic E-state index is 0.0663. The normalized spacial score (nSPS) is 14.2. The fourth-order valence-corrected chi connectivity index (χ4v) is 4.90. The number of rotatable bonds is 3. The van der Waals surface area contributed by atoms with Gasteiger partial charge in [-0.25, -0.2) is 23.7 Å². The first-order valence-corrected chi connectivity index (χ1v) is 11.6. The van der Waals surface area contributed by atoms with E-state index >= 15 is 0 Å². The third-order valence-electron chi connectivity index (χ3n) is 6.58. The van der Waals surface area contributed by atoms with E-state index in [-0.39, 0.29) is 17.2 Å². The van der Waals surface area contributed by atoms with Gasteiger partial charge in [-0.15, -0.1) is 5.10 Å². The summed E-state index contributed by atoms with van der Waals surface area (Å²) in [5, 5.41) is 15.4. The summed E-state index contributed by atoms with van der Waals surface area (Å²) in [6.45, 7) is 0. The quantitative estimate of drug-likeness (QED) is 0.331. The van der Waals surface area contributed by atoms with Gasteiger partial charge in [-0.3, -0.25) is 0 Å². The lowest BCUT2D eigenvalue weighted by Gasteiger charge is -2.27. The highest BCUT2D eigenvalue weighted by atomic mass is 19.1. The molecule has 1 aliphatic rings. The first kappa shape index (κ1) is 22.0. The van der Waals surface area contributed by atoms with E-state index in [1.807, 2.05) is 6.07 Å². The third-order valence-corrected chi connectivity index (χ3v) is 6.58. The number of nitrogens with zero attached hydrogens (tertiary/aromatic N) is 4. The molecule has 3 aromatic heterocycles. The molecule has 0 saturated carbocycles. The summed E-state index contributed by atoms with van der Waals surface area (Å²) in [7, 11) is 1.46. The molecule has 1 atom stereocenters. The molecule has 4 heterocycles. The summed E-state index contributed by atoms with van der Waals surface area (Å²) in [6, 6.07) is 17.8. The minimum Gasteiger partial charge on any atom is -0.504 e. The van der Waals surface area contributed by atoms with E-state index in [9.17, 15) is 14.3 Å². The highest BCUT2D eigenvalue weighted by molar-refractivity contribution is 5.87. The van der Waals surface area contributed by atoms with Crippen LogP contribution in [-0.2, 0) is 0 Å². The van der Waals surface area contributed by atoms with Crippen LogP contribution in [0.15, 0.2) is 82.3 Å². The Balaban J connectivity index is 1.52. The van der Waals surface area contributed by atoms with Crippen LogP contribution < -0.4 is 15.1 Å². The molecule has 0 amide bonds. The maximum atomic E-state index is 14.5. The molecule has 1 unspecified atom stereocenters. The van der Waals surface area contributed by atoms with Gasteiger partial charge in [0.25, 0.3) is 0 Å². The average Bonchev–Trinajstić information content (AvgIpc) is 3.37. The van der Waals surface area contributed by atoms with E-state index in [0.717, 1.165) is 0 Å². The van der Waals surface area contributed by atoms with Crippen LogP contribution in [0.5, 0.6) is 23.1 Å². The average molecular weight is 508 g/mol. The molecule has 3 aromatic carbocycles. The second kappa shape index (κ2) is 8.13. The first-order chi connectivity index (χ1) is 18.5. The van der Waals surface area contributed by atoms with Crippen molar-refractivity contribution in [1.82, 2.24) is 19.6 Å². The topological polar surface area (TPSA) is 112 Å². The zero-order valence-corrected chi connectivity index (χ0v) is 19.8. The number of hydrogen-bond donors (Lipinski definition) is 1. The van der Waals surface area contributed by atoms with E-state index < -0.39 is 17.4 Å². The molecule has 38 heavy (non-hydrogen) atoms. The van der Waals surface area contributed by atoms with E-state index in [1.165, 1.54) is 36.2 Å². The van der Waals surface area contributed by atoms with E-state index in [0.29, 0.717) is 50.6 Å². The number of aromatic hydroxyl groups is 1. The van der Waals surface area contributed by atoms with Crippen molar-refractivity contribution in [1.29, 1.82) is 0 Å². The lowest BCUT2D eigenvalue weighted by molar-refractivity contribution is 0.373. The second-order valence-corrected chi connectivity index (χ2v) is 8.77. The van der Waals surface area contributed by atoms with Crippen LogP contribution in [-0.4, -0.2) is 31.8 Å². The van der Waals surface area contributed by atoms with E-state index in [2.05, 4.69) is 10.1 Å². The maximum absolute atomic E-state index is 14.5. The predicted octanol–water partition coefficient (Wildman–Crippen LogP) is 5.04. The third kappa shape index (κ3) is 3.23. The van der Waals surface area contributed by atoms with Crippen LogP contribution in [0, 0.1) is 5.82 Å². The Kier molecular flexibility index (Phi) is 4.71. The smallest absolute Gasteiger partial charge is 0.344 e. The van der Waals surface area contributed by atoms with Gasteiger partial charge in [0, 0.05) is 5.56 Å². The zero-order chi connectivity index (χ0) is 26.0. The van der Waals surface area contributed by atoms with Crippen LogP contribution in [0.25, 0.3) is 28.0 Å². The maximum Gasteiger partial charge on any atom is 0.344 e. The number of aromatic nitrogens is 4. The van der Waals surface area contributed by atoms with Crippen molar-refractivity contribution in [2.75, 3.05) is 7.11 Å². The Hall–Kier alpha value is -5.25. The Bertz CT molecular complexity index is 1970. The molecular formula is C28H17FN4O5. The van der Waals surface area contributed by atoms with Crippen LogP contribution in [0.2, 0.25) is 0 Å². The summed E-state index contributed by atoms with van der Waals surface area (Å²) in [5.41, 5.74) is 1.79. The zero-order valence-electron chi connectivity index (χ0n) is 19.8. The van der Waals surface area contributed by atoms with Gasteiger partial charge in [0.05, 0.1) is 29.5 Å². The summed E-state index contributed by atoms with van der Waals surface area (Å²) in [4.78, 5) is 22.6. The highest BCUT2D eigenvalue weighted by Gasteiger charge is 2.37. The fourth-order valence-electron chi connectivity index (χ4n) is 4.90. The van der Waals surface area contributed by atoms with Gasteiger partial charge in [0.2, 0.25) is 5.88 Å². The first-order valence-electron chi connectivity index (χ1n) is 11.6. The standard InChI is InChI=1S/C28H17FN4O5/c1-36-20-10-9-15(12-18(20)34)25-31-26-23-21(14-5-4-6-16(29)11-14)22-24(38-27(23)30-13-33(26)32-25)17-7-2-3-8-19(17)37-28(22)35/h2-13,21,34H,1H3. The van der Waals surface area contributed by atoms with Crippen molar-refractivity contribution in [3.05, 3.63) is 106 Å². The molecule has 0 bridgehead atoms. The molecule has 0 spiro atoms. The largest absolute Gasteiger partial charge is 0.504 e. The van der Waals surface area contributed by atoms with Crippen LogP contribution >= 0.6 is 0 Å². The van der Waals surface area contributed by atoms with Gasteiger partial charge >= 0.3 is 5.63 Å². The number of phenols is 1. The van der Waals surface area contributed by atoms with Crippen molar-refractivity contribution >= 4 is 16.6 Å². The number of ether oxygens (including phenoxy) is 2. The van der Waals surface area contributed by atoms with Crippen LogP contribution in [0.4, 0.5) is 4.39 Å². The van der Waals surface area contributed by atoms with Gasteiger partial charge < -0.3 is 19.0 Å². The van der Waals surface area contributed by atoms with Gasteiger partial charge in [0.15, 0.2) is 28.7 Å². The summed E-state index contributed by atoms with van der Waals surface area (Å²) < 4.78 is 32.9. The van der Waals surface area contributed by atoms with Gasteiger partial charge in [-0.1, -0.05) is 24.3 Å². The molecule has 0 radical (unpaired) electrons. The van der Waals surface area contributed by atoms with Gasteiger partial charge in [0.1, 0.15) is 17.7 Å². The Labute approximate surface area is 213 Å². The van der Waals surface area contributed by atoms with E-state index in [1.54, 1.807) is 42.5 Å². The summed E-state index contributed by atoms with van der Waals surface area (Å²) in [5.74, 6) is -0.203. The molecular weight excluding hydrogens is 491 g/mol. The molecule has 9 nitrogen and oxygen atoms in total. The number of phenolic OH excluding ortho intramolecular Hbond substituents is 1. The van der Waals surface area contributed by atoms with Crippen LogP contribution in [0.3, 0.4) is 0 Å². The SMILES string of the molecule is COc1ccc(-c2nc3c4c(ncn3n2)Oc2c(c(=O)oc3ccccc23)C4c2cccc(F)c2)cc1O. The van der Waals surface area contributed by atoms with Crippen molar-refractivity contribution in [2.24, 2.45) is 0 Å². The molecule has 6 aromatic rings. The molecule has 7 rings (SSSR count). The number of fused-ring (bicyclic) bond motifs is 6. The molecule has 0 fully saturated rings. The van der Waals surface area contributed by atoms with Crippen molar-refractivity contribution in [3.8, 4) is 34.5 Å². The van der Waals surface area contributed by atoms with Gasteiger partial charge in [-0.05, 0) is 48.0 Å². The number of hydrogen-bond acceptors (Lipinski definition) is 8. The van der Waals surface area contributed by atoms with Gasteiger partial charge in [-0.2, -0.15) is 0 Å². The molecule has 10 heteroatoms. The molecule has 1 N–H and O–H groups in total. The van der Waals surface area contributed by atoms with Crippen molar-refractivity contribution in [2.45, 2.75) is 5.92 Å². The van der Waals surface area contributed by atoms with Crippen molar-refractivity contribution < 1.29 is 23.4 Å². The number of para-hydroxylation sites is 1. The number of halogens is 1. The summed E-state index contributed by atoms with van der Waals surface area (Å²) >= 11 is 0. The fraction of sp³-hybridized carbons (Fsp3) is 0.0714. The Morgan fingerprint density at radius 1 is 1.05 bits per heavy atom. The van der Waals surface area contributed by atoms with Crippen molar-refractivity contribution in [3.63, 3.8) is 0 Å². The molecule has 0 aliphatic carbocycles.